The minimum absolute atomic E-state index is 0.667. The molecule has 13 aromatic rings. The van der Waals surface area contributed by atoms with Crippen LogP contribution in [0.2, 0.25) is 0 Å². The van der Waals surface area contributed by atoms with Crippen molar-refractivity contribution in [2.45, 2.75) is 6.92 Å². The number of hydrogen-bond acceptors (Lipinski definition) is 3. The fourth-order valence-electron chi connectivity index (χ4n) is 10.1. The molecule has 3 aromatic heterocycles. The molecule has 13 rings (SSSR count). The zero-order valence-electron chi connectivity index (χ0n) is 36.7. The molecule has 0 saturated carbocycles. The van der Waals surface area contributed by atoms with Crippen LogP contribution in [0.1, 0.15) is 12.7 Å². The van der Waals surface area contributed by atoms with Crippen LogP contribution in [0.3, 0.4) is 0 Å². The van der Waals surface area contributed by atoms with Crippen molar-refractivity contribution in [3.05, 3.63) is 228 Å². The van der Waals surface area contributed by atoms with Gasteiger partial charge in [-0.25, -0.2) is 9.97 Å². The number of allylic oxidation sites excluding steroid dienone is 2. The van der Waals surface area contributed by atoms with Gasteiger partial charge >= 0.3 is 0 Å². The average Bonchev–Trinajstić information content (AvgIpc) is 4.00. The van der Waals surface area contributed by atoms with Crippen LogP contribution in [0.5, 0.6) is 0 Å². The van der Waals surface area contributed by atoms with Crippen LogP contribution in [0.25, 0.3) is 133 Å². The maximum absolute atomic E-state index is 5.49. The Labute approximate surface area is 391 Å². The van der Waals surface area contributed by atoms with Gasteiger partial charge in [0.1, 0.15) is 5.82 Å². The Hall–Kier alpha value is -8.44. The topological polar surface area (TPSA) is 30.7 Å². The lowest BCUT2D eigenvalue weighted by Gasteiger charge is -2.15. The van der Waals surface area contributed by atoms with E-state index in [9.17, 15) is 0 Å². The van der Waals surface area contributed by atoms with E-state index in [2.05, 4.69) is 218 Å². The molecular weight excluding hydrogens is 831 g/mol. The Kier molecular flexibility index (Phi) is 9.09. The Morgan fingerprint density at radius 3 is 2.03 bits per heavy atom. The standard InChI is InChI=1S/C63H41N3S/c1-39-13-6-7-14-41(39)24-23-40(2)63-64-58(48-26-25-43-17-8-9-18-45(43)33-48)38-61(65-63)66-59-30-28-46(42-15-4-3-5-16-42)34-56(59)57-36-54-51-21-11-10-20-50(51)53-35-47(27-29-52(53)55(54)37-60(57)66)49-22-12-19-44-31-32-67-62(44)49/h3-38H,1H2,2H3/b40-23+,41-24-. The van der Waals surface area contributed by atoms with Gasteiger partial charge in [0, 0.05) is 27.1 Å². The van der Waals surface area contributed by atoms with Crippen LogP contribution in [0, 0.1) is 0 Å². The summed E-state index contributed by atoms with van der Waals surface area (Å²) < 4.78 is 3.68. The van der Waals surface area contributed by atoms with Crippen LogP contribution >= 0.6 is 11.3 Å². The lowest BCUT2D eigenvalue weighted by atomic mass is 9.91. The van der Waals surface area contributed by atoms with Crippen molar-refractivity contribution in [3.8, 4) is 39.3 Å². The van der Waals surface area contributed by atoms with Crippen molar-refractivity contribution in [3.63, 3.8) is 0 Å². The smallest absolute Gasteiger partial charge is 0.157 e. The zero-order chi connectivity index (χ0) is 44.6. The number of thiophene rings is 1. The molecule has 0 radical (unpaired) electrons. The van der Waals surface area contributed by atoms with E-state index < -0.39 is 0 Å². The van der Waals surface area contributed by atoms with Crippen LogP contribution in [-0.2, 0) is 0 Å². The van der Waals surface area contributed by atoms with Crippen LogP contribution < -0.4 is 10.4 Å². The van der Waals surface area contributed by atoms with Gasteiger partial charge in [-0.1, -0.05) is 170 Å². The molecule has 0 aliphatic carbocycles. The van der Waals surface area contributed by atoms with Gasteiger partial charge in [0.2, 0.25) is 0 Å². The third-order valence-electron chi connectivity index (χ3n) is 13.5. The predicted molar refractivity (Wildman–Crippen MR) is 287 cm³/mol. The van der Waals surface area contributed by atoms with Gasteiger partial charge < -0.3 is 0 Å². The number of nitrogens with zero attached hydrogens (tertiary/aromatic N) is 3. The molecule has 67 heavy (non-hydrogen) atoms. The second-order valence-electron chi connectivity index (χ2n) is 17.5. The normalized spacial score (nSPS) is 12.5. The van der Waals surface area contributed by atoms with E-state index in [0.29, 0.717) is 5.82 Å². The molecule has 3 nitrogen and oxygen atoms in total. The fraction of sp³-hybridized carbons (Fsp3) is 0.0159. The molecule has 0 saturated heterocycles. The minimum Gasteiger partial charge on any atom is -0.294 e. The summed E-state index contributed by atoms with van der Waals surface area (Å²) in [6.07, 6.45) is 4.23. The molecule has 0 spiro atoms. The molecule has 0 bridgehead atoms. The summed E-state index contributed by atoms with van der Waals surface area (Å²) in [7, 11) is 0. The number of rotatable bonds is 6. The first-order valence-electron chi connectivity index (χ1n) is 22.7. The first kappa shape index (κ1) is 39.0. The summed E-state index contributed by atoms with van der Waals surface area (Å²) in [5, 5.41) is 17.6. The summed E-state index contributed by atoms with van der Waals surface area (Å²) in [6, 6.07) is 72.7. The molecule has 314 valence electrons. The summed E-state index contributed by atoms with van der Waals surface area (Å²) in [5.74, 6) is 1.47. The van der Waals surface area contributed by atoms with E-state index >= 15 is 0 Å². The minimum atomic E-state index is 0.667. The molecule has 0 unspecified atom stereocenters. The number of aromatic nitrogens is 3. The molecule has 4 heteroatoms. The largest absolute Gasteiger partial charge is 0.294 e. The van der Waals surface area contributed by atoms with Gasteiger partial charge in [0.15, 0.2) is 5.82 Å². The van der Waals surface area contributed by atoms with Crippen molar-refractivity contribution in [2.24, 2.45) is 0 Å². The molecule has 3 heterocycles. The van der Waals surface area contributed by atoms with Crippen molar-refractivity contribution in [1.29, 1.82) is 0 Å². The molecule has 0 amide bonds. The highest BCUT2D eigenvalue weighted by Gasteiger charge is 2.20. The summed E-state index contributed by atoms with van der Waals surface area (Å²) in [6.45, 7) is 6.37. The number of benzene rings is 10. The monoisotopic (exact) mass is 871 g/mol. The zero-order valence-corrected chi connectivity index (χ0v) is 37.6. The van der Waals surface area contributed by atoms with E-state index in [1.165, 1.54) is 86.2 Å². The quantitative estimate of drug-likeness (QED) is 0.156. The maximum Gasteiger partial charge on any atom is 0.157 e. The Bertz CT molecular complexity index is 4310. The average molecular weight is 872 g/mol. The lowest BCUT2D eigenvalue weighted by Crippen LogP contribution is -2.21. The van der Waals surface area contributed by atoms with E-state index in [0.717, 1.165) is 44.1 Å². The van der Waals surface area contributed by atoms with Gasteiger partial charge in [0.25, 0.3) is 0 Å². The van der Waals surface area contributed by atoms with E-state index in [1.54, 1.807) is 11.3 Å². The second kappa shape index (κ2) is 15.6. The molecule has 10 aromatic carbocycles. The van der Waals surface area contributed by atoms with Crippen LogP contribution in [0.15, 0.2) is 212 Å². The van der Waals surface area contributed by atoms with Gasteiger partial charge in [0.05, 0.1) is 16.7 Å². The highest BCUT2D eigenvalue weighted by molar-refractivity contribution is 7.17. The predicted octanol–water partition coefficient (Wildman–Crippen LogP) is 15.7. The first-order valence-corrected chi connectivity index (χ1v) is 23.6. The van der Waals surface area contributed by atoms with Gasteiger partial charge in [-0.2, -0.15) is 0 Å². The van der Waals surface area contributed by atoms with Gasteiger partial charge in [-0.15, -0.1) is 11.3 Å². The Morgan fingerprint density at radius 1 is 0.478 bits per heavy atom. The summed E-state index contributed by atoms with van der Waals surface area (Å²) in [5.41, 5.74) is 9.86. The van der Waals surface area contributed by atoms with E-state index in [4.69, 9.17) is 9.97 Å². The molecule has 0 N–H and O–H groups in total. The lowest BCUT2D eigenvalue weighted by molar-refractivity contribution is 1.02. The van der Waals surface area contributed by atoms with Crippen molar-refractivity contribution in [1.82, 2.24) is 14.5 Å². The van der Waals surface area contributed by atoms with Crippen molar-refractivity contribution in [2.75, 3.05) is 0 Å². The van der Waals surface area contributed by atoms with Crippen LogP contribution in [0.4, 0.5) is 0 Å². The molecule has 0 atom stereocenters. The second-order valence-corrected chi connectivity index (χ2v) is 18.4. The fourth-order valence-corrected chi connectivity index (χ4v) is 11.1. The van der Waals surface area contributed by atoms with Crippen molar-refractivity contribution >= 4 is 105 Å². The Morgan fingerprint density at radius 2 is 1.16 bits per heavy atom. The SMILES string of the molecule is C=c1cccc/c1=C/C=C(\C)c1nc(-c2ccc3ccccc3c2)cc(-n2c3ccc(-c4ccccc4)cc3c3cc4c5ccccc5c5cc(-c6cccc7ccsc67)ccc5c4cc32)n1. The molecule has 0 aliphatic rings. The number of fused-ring (bicyclic) bond motifs is 11. The molecule has 0 aliphatic heterocycles. The van der Waals surface area contributed by atoms with E-state index in [-0.39, 0.29) is 0 Å². The summed E-state index contributed by atoms with van der Waals surface area (Å²) in [4.78, 5) is 10.8. The highest BCUT2D eigenvalue weighted by Crippen LogP contribution is 2.44. The number of hydrogen-bond donors (Lipinski definition) is 0. The van der Waals surface area contributed by atoms with Crippen molar-refractivity contribution < 1.29 is 0 Å². The summed E-state index contributed by atoms with van der Waals surface area (Å²) >= 11 is 1.81. The van der Waals surface area contributed by atoms with Gasteiger partial charge in [-0.3, -0.25) is 4.57 Å². The Balaban J connectivity index is 1.11. The van der Waals surface area contributed by atoms with E-state index in [1.807, 2.05) is 18.2 Å². The highest BCUT2D eigenvalue weighted by atomic mass is 32.1. The molecular formula is C63H41N3S. The van der Waals surface area contributed by atoms with Gasteiger partial charge in [-0.05, 0) is 142 Å². The van der Waals surface area contributed by atoms with Crippen LogP contribution in [-0.4, -0.2) is 14.5 Å². The maximum atomic E-state index is 5.49. The first-order chi connectivity index (χ1) is 33.0. The third-order valence-corrected chi connectivity index (χ3v) is 14.5. The third kappa shape index (κ3) is 6.56. The molecule has 0 fully saturated rings.